The number of nitrogens with one attached hydrogen (secondary N) is 1. The Morgan fingerprint density at radius 1 is 1.10 bits per heavy atom. The van der Waals surface area contributed by atoms with Crippen LogP contribution >= 0.6 is 11.3 Å². The lowest BCUT2D eigenvalue weighted by Crippen LogP contribution is -2.31. The summed E-state index contributed by atoms with van der Waals surface area (Å²) in [6.45, 7) is 7.40. The van der Waals surface area contributed by atoms with E-state index in [1.165, 1.54) is 11.3 Å². The second-order valence-electron chi connectivity index (χ2n) is 7.36. The highest BCUT2D eigenvalue weighted by Crippen LogP contribution is 2.32. The molecule has 1 N–H and O–H groups in total. The summed E-state index contributed by atoms with van der Waals surface area (Å²) in [5, 5.41) is 3.65. The number of ether oxygens (including phenoxy) is 1. The quantitative estimate of drug-likeness (QED) is 0.464. The number of para-hydroxylation sites is 1. The third-order valence-electron chi connectivity index (χ3n) is 4.99. The van der Waals surface area contributed by atoms with Gasteiger partial charge in [-0.05, 0) is 39.8 Å². The van der Waals surface area contributed by atoms with Crippen molar-refractivity contribution in [2.45, 2.75) is 33.8 Å². The van der Waals surface area contributed by atoms with Crippen LogP contribution in [-0.4, -0.2) is 17.0 Å². The first kappa shape index (κ1) is 20.8. The maximum absolute atomic E-state index is 13.2. The van der Waals surface area contributed by atoms with Gasteiger partial charge in [-0.15, -0.1) is 11.3 Å². The fourth-order valence-electron chi connectivity index (χ4n) is 3.09. The molecule has 1 amide bonds. The minimum absolute atomic E-state index is 0.0108. The summed E-state index contributed by atoms with van der Waals surface area (Å²) in [5.74, 6) is -0.0860. The van der Waals surface area contributed by atoms with E-state index in [9.17, 15) is 9.59 Å². The van der Waals surface area contributed by atoms with Crippen LogP contribution in [0.5, 0.6) is 5.75 Å². The van der Waals surface area contributed by atoms with Crippen molar-refractivity contribution >= 4 is 33.3 Å². The molecular formula is C24H22N2O4S. The van der Waals surface area contributed by atoms with Crippen molar-refractivity contribution in [2.24, 2.45) is 0 Å². The third kappa shape index (κ3) is 4.22. The maximum Gasteiger partial charge on any atom is 0.266 e. The highest BCUT2D eigenvalue weighted by molar-refractivity contribution is 7.15. The molecule has 0 aliphatic heterocycles. The van der Waals surface area contributed by atoms with Crippen molar-refractivity contribution < 1.29 is 13.9 Å². The van der Waals surface area contributed by atoms with Crippen molar-refractivity contribution in [3.63, 3.8) is 0 Å². The van der Waals surface area contributed by atoms with E-state index in [1.54, 1.807) is 31.2 Å². The molecule has 0 saturated carbocycles. The molecule has 31 heavy (non-hydrogen) atoms. The molecule has 4 aromatic rings. The highest BCUT2D eigenvalue weighted by atomic mass is 32.1. The molecule has 7 heteroatoms. The minimum atomic E-state index is -0.933. The number of aryl methyl sites for hydroxylation is 3. The molecule has 2 aromatic carbocycles. The lowest BCUT2D eigenvalue weighted by molar-refractivity contribution is -0.122. The number of rotatable bonds is 5. The third-order valence-corrected chi connectivity index (χ3v) is 5.98. The van der Waals surface area contributed by atoms with Gasteiger partial charge in [0.15, 0.2) is 17.0 Å². The fourth-order valence-corrected chi connectivity index (χ4v) is 3.91. The summed E-state index contributed by atoms with van der Waals surface area (Å²) in [6.07, 6.45) is -0.933. The number of hydrogen-bond acceptors (Lipinski definition) is 6. The molecule has 0 aliphatic carbocycles. The largest absolute Gasteiger partial charge is 0.473 e. The van der Waals surface area contributed by atoms with Gasteiger partial charge in [0.05, 0.1) is 11.1 Å². The Labute approximate surface area is 183 Å². The van der Waals surface area contributed by atoms with Gasteiger partial charge in [0.2, 0.25) is 11.2 Å². The number of benzene rings is 2. The van der Waals surface area contributed by atoms with Crippen molar-refractivity contribution in [1.29, 1.82) is 0 Å². The lowest BCUT2D eigenvalue weighted by Gasteiger charge is -2.16. The number of thiazole rings is 1. The molecule has 2 heterocycles. The van der Waals surface area contributed by atoms with Gasteiger partial charge in [0.1, 0.15) is 5.58 Å². The van der Waals surface area contributed by atoms with Crippen molar-refractivity contribution in [2.75, 3.05) is 5.32 Å². The Balaban J connectivity index is 1.72. The predicted octanol–water partition coefficient (Wildman–Crippen LogP) is 5.25. The Morgan fingerprint density at radius 3 is 2.48 bits per heavy atom. The maximum atomic E-state index is 13.2. The second-order valence-corrected chi connectivity index (χ2v) is 8.56. The summed E-state index contributed by atoms with van der Waals surface area (Å²) in [6, 6.07) is 14.6. The van der Waals surface area contributed by atoms with E-state index in [-0.39, 0.29) is 11.2 Å². The molecule has 1 atom stereocenters. The van der Waals surface area contributed by atoms with Gasteiger partial charge < -0.3 is 9.15 Å². The number of carbonyl (C=O) groups excluding carboxylic acids is 1. The number of aromatic nitrogens is 1. The highest BCUT2D eigenvalue weighted by Gasteiger charge is 2.23. The van der Waals surface area contributed by atoms with Crippen molar-refractivity contribution in [3.05, 3.63) is 74.9 Å². The van der Waals surface area contributed by atoms with Crippen LogP contribution in [0.15, 0.2) is 57.7 Å². The molecule has 0 radical (unpaired) electrons. The first-order valence-electron chi connectivity index (χ1n) is 9.88. The van der Waals surface area contributed by atoms with E-state index in [4.69, 9.17) is 9.15 Å². The smallest absolute Gasteiger partial charge is 0.266 e. The molecule has 6 nitrogen and oxygen atoms in total. The average molecular weight is 435 g/mol. The van der Waals surface area contributed by atoms with Gasteiger partial charge in [0, 0.05) is 10.4 Å². The first-order chi connectivity index (χ1) is 14.8. The van der Waals surface area contributed by atoms with E-state index < -0.39 is 12.0 Å². The molecule has 0 spiro atoms. The molecule has 0 bridgehead atoms. The topological polar surface area (TPSA) is 81.4 Å². The fraction of sp³-hybridized carbons (Fsp3) is 0.208. The molecular weight excluding hydrogens is 412 g/mol. The van der Waals surface area contributed by atoms with Gasteiger partial charge in [-0.3, -0.25) is 14.9 Å². The first-order valence-corrected chi connectivity index (χ1v) is 10.7. The van der Waals surface area contributed by atoms with Crippen LogP contribution in [0.4, 0.5) is 5.13 Å². The standard InChI is InChI=1S/C24H22N2O4S/c1-13-9-11-17(12-10-13)21-22(20(27)18-7-5-6-8-19(18)30-21)29-15(3)23(28)26-24-25-14(2)16(4)31-24/h5-12,15H,1-4H3,(H,25,26,28). The minimum Gasteiger partial charge on any atom is -0.473 e. The number of carbonyl (C=O) groups is 1. The summed E-state index contributed by atoms with van der Waals surface area (Å²) in [7, 11) is 0. The van der Waals surface area contributed by atoms with E-state index >= 15 is 0 Å². The molecule has 0 aliphatic rings. The molecule has 158 valence electrons. The lowest BCUT2D eigenvalue weighted by atomic mass is 10.1. The molecule has 0 saturated heterocycles. The average Bonchev–Trinajstić information content (AvgIpc) is 3.07. The van der Waals surface area contributed by atoms with Gasteiger partial charge >= 0.3 is 0 Å². The number of fused-ring (bicyclic) bond motifs is 1. The second kappa shape index (κ2) is 8.35. The van der Waals surface area contributed by atoms with Gasteiger partial charge in [0.25, 0.3) is 5.91 Å². The van der Waals surface area contributed by atoms with Crippen LogP contribution in [0.1, 0.15) is 23.1 Å². The summed E-state index contributed by atoms with van der Waals surface area (Å²) in [5.41, 5.74) is 2.78. The molecule has 0 fully saturated rings. The van der Waals surface area contributed by atoms with Crippen LogP contribution in [0, 0.1) is 20.8 Å². The number of hydrogen-bond donors (Lipinski definition) is 1. The van der Waals surface area contributed by atoms with Gasteiger partial charge in [-0.25, -0.2) is 4.98 Å². The van der Waals surface area contributed by atoms with Crippen molar-refractivity contribution in [1.82, 2.24) is 4.98 Å². The number of anilines is 1. The van der Waals surface area contributed by atoms with Crippen LogP contribution in [-0.2, 0) is 4.79 Å². The molecule has 4 rings (SSSR count). The Hall–Kier alpha value is -3.45. The Morgan fingerprint density at radius 2 is 1.81 bits per heavy atom. The zero-order valence-corrected chi connectivity index (χ0v) is 18.5. The number of nitrogens with zero attached hydrogens (tertiary/aromatic N) is 1. The summed E-state index contributed by atoms with van der Waals surface area (Å²) >= 11 is 1.39. The van der Waals surface area contributed by atoms with Crippen LogP contribution < -0.4 is 15.5 Å². The van der Waals surface area contributed by atoms with Crippen LogP contribution in [0.25, 0.3) is 22.3 Å². The Bertz CT molecular complexity index is 1300. The molecule has 2 aromatic heterocycles. The van der Waals surface area contributed by atoms with Crippen LogP contribution in [0.3, 0.4) is 0 Å². The van der Waals surface area contributed by atoms with Crippen molar-refractivity contribution in [3.8, 4) is 17.1 Å². The van der Waals surface area contributed by atoms with E-state index in [2.05, 4.69) is 10.3 Å². The zero-order chi connectivity index (χ0) is 22.1. The van der Waals surface area contributed by atoms with E-state index in [1.807, 2.05) is 45.0 Å². The monoisotopic (exact) mass is 434 g/mol. The van der Waals surface area contributed by atoms with Gasteiger partial charge in [-0.2, -0.15) is 0 Å². The summed E-state index contributed by atoms with van der Waals surface area (Å²) < 4.78 is 11.9. The normalized spacial score (nSPS) is 12.0. The van der Waals surface area contributed by atoms with E-state index in [0.717, 1.165) is 16.1 Å². The zero-order valence-electron chi connectivity index (χ0n) is 17.7. The van der Waals surface area contributed by atoms with E-state index in [0.29, 0.717) is 27.4 Å². The SMILES string of the molecule is Cc1ccc(-c2oc3ccccc3c(=O)c2OC(C)C(=O)Nc2nc(C)c(C)s2)cc1. The summed E-state index contributed by atoms with van der Waals surface area (Å²) in [4.78, 5) is 31.3. The number of amides is 1. The van der Waals surface area contributed by atoms with Crippen LogP contribution in [0.2, 0.25) is 0 Å². The predicted molar refractivity (Wildman–Crippen MR) is 123 cm³/mol. The molecule has 1 unspecified atom stereocenters. The Kier molecular flexibility index (Phi) is 5.61. The van der Waals surface area contributed by atoms with Gasteiger partial charge in [-0.1, -0.05) is 42.0 Å².